The monoisotopic (exact) mass is 252 g/mol. The zero-order valence-electron chi connectivity index (χ0n) is 10.6. The zero-order valence-corrected chi connectivity index (χ0v) is 10.6. The first-order chi connectivity index (χ1) is 9.31. The van der Waals surface area contributed by atoms with Crippen LogP contribution in [-0.4, -0.2) is 11.5 Å². The van der Waals surface area contributed by atoms with E-state index < -0.39 is 0 Å². The first kappa shape index (κ1) is 13.1. The Labute approximate surface area is 112 Å². The zero-order chi connectivity index (χ0) is 13.5. The summed E-state index contributed by atoms with van der Waals surface area (Å²) in [6, 6.07) is 14.0. The van der Waals surface area contributed by atoms with E-state index >= 15 is 0 Å². The van der Waals surface area contributed by atoms with Crippen LogP contribution in [0.4, 0.5) is 5.82 Å². The summed E-state index contributed by atoms with van der Waals surface area (Å²) in [7, 11) is 0. The molecule has 3 N–H and O–H groups in total. The van der Waals surface area contributed by atoms with Crippen molar-refractivity contribution in [3.63, 3.8) is 0 Å². The Morgan fingerprint density at radius 3 is 2.42 bits per heavy atom. The van der Waals surface area contributed by atoms with Crippen molar-refractivity contribution in [2.75, 3.05) is 11.9 Å². The van der Waals surface area contributed by atoms with Crippen molar-refractivity contribution in [2.24, 2.45) is 5.73 Å². The van der Waals surface area contributed by atoms with Crippen molar-refractivity contribution < 1.29 is 0 Å². The summed E-state index contributed by atoms with van der Waals surface area (Å²) in [5, 5.41) is 11.9. The van der Waals surface area contributed by atoms with Crippen LogP contribution in [0.1, 0.15) is 16.7 Å². The maximum Gasteiger partial charge on any atom is 0.126 e. The molecule has 19 heavy (non-hydrogen) atoms. The van der Waals surface area contributed by atoms with E-state index in [1.165, 1.54) is 11.1 Å². The average Bonchev–Trinajstić information content (AvgIpc) is 2.47. The number of aromatic nitrogens is 1. The second-order valence-electron chi connectivity index (χ2n) is 4.25. The summed E-state index contributed by atoms with van der Waals surface area (Å²) < 4.78 is 0. The lowest BCUT2D eigenvalue weighted by Crippen LogP contribution is -2.04. The fraction of sp³-hybridized carbons (Fsp3) is 0.200. The largest absolute Gasteiger partial charge is 0.366 e. The lowest BCUT2D eigenvalue weighted by Gasteiger charge is -2.06. The molecule has 2 aromatic rings. The minimum absolute atomic E-state index is 0.566. The van der Waals surface area contributed by atoms with Crippen LogP contribution in [-0.2, 0) is 13.0 Å². The highest BCUT2D eigenvalue weighted by Gasteiger charge is 1.97. The SMILES string of the molecule is N#Cc1ccc(NCc2ccc(CCN)cc2)nc1. The molecule has 0 fully saturated rings. The van der Waals surface area contributed by atoms with Crippen LogP contribution in [0.3, 0.4) is 0 Å². The Bertz CT molecular complexity index is 552. The molecule has 1 aromatic carbocycles. The predicted octanol–water partition coefficient (Wildman–Crippen LogP) is 2.07. The third-order valence-corrected chi connectivity index (χ3v) is 2.82. The summed E-state index contributed by atoms with van der Waals surface area (Å²) in [6.07, 6.45) is 2.47. The summed E-state index contributed by atoms with van der Waals surface area (Å²) in [6.45, 7) is 1.38. The molecule has 0 bridgehead atoms. The van der Waals surface area contributed by atoms with Crippen LogP contribution in [0.2, 0.25) is 0 Å². The van der Waals surface area contributed by atoms with Crippen molar-refractivity contribution in [1.29, 1.82) is 5.26 Å². The van der Waals surface area contributed by atoms with Gasteiger partial charge in [-0.1, -0.05) is 24.3 Å². The molecular weight excluding hydrogens is 236 g/mol. The first-order valence-electron chi connectivity index (χ1n) is 6.20. The molecule has 0 unspecified atom stereocenters. The molecule has 0 aliphatic carbocycles. The van der Waals surface area contributed by atoms with Gasteiger partial charge in [-0.2, -0.15) is 5.26 Å². The number of rotatable bonds is 5. The van der Waals surface area contributed by atoms with Crippen LogP contribution < -0.4 is 11.1 Å². The fourth-order valence-electron chi connectivity index (χ4n) is 1.75. The fourth-order valence-corrected chi connectivity index (χ4v) is 1.75. The van der Waals surface area contributed by atoms with Gasteiger partial charge in [-0.3, -0.25) is 0 Å². The van der Waals surface area contributed by atoms with Gasteiger partial charge in [0.15, 0.2) is 0 Å². The molecule has 0 aliphatic heterocycles. The molecule has 4 nitrogen and oxygen atoms in total. The van der Waals surface area contributed by atoms with E-state index in [1.807, 2.05) is 6.07 Å². The molecule has 0 saturated heterocycles. The first-order valence-corrected chi connectivity index (χ1v) is 6.20. The van der Waals surface area contributed by atoms with Gasteiger partial charge in [-0.05, 0) is 36.2 Å². The van der Waals surface area contributed by atoms with E-state index in [1.54, 1.807) is 18.3 Å². The van der Waals surface area contributed by atoms with E-state index in [9.17, 15) is 0 Å². The van der Waals surface area contributed by atoms with Gasteiger partial charge < -0.3 is 11.1 Å². The average molecular weight is 252 g/mol. The third kappa shape index (κ3) is 3.80. The van der Waals surface area contributed by atoms with E-state index in [2.05, 4.69) is 34.6 Å². The lowest BCUT2D eigenvalue weighted by atomic mass is 10.1. The summed E-state index contributed by atoms with van der Waals surface area (Å²) >= 11 is 0. The number of nitrogens with zero attached hydrogens (tertiary/aromatic N) is 2. The van der Waals surface area contributed by atoms with Crippen LogP contribution in [0.5, 0.6) is 0 Å². The number of nitriles is 1. The van der Waals surface area contributed by atoms with Crippen molar-refractivity contribution in [2.45, 2.75) is 13.0 Å². The molecular formula is C15H16N4. The normalized spacial score (nSPS) is 9.89. The van der Waals surface area contributed by atoms with Gasteiger partial charge in [-0.15, -0.1) is 0 Å². The smallest absolute Gasteiger partial charge is 0.126 e. The van der Waals surface area contributed by atoms with Gasteiger partial charge in [-0.25, -0.2) is 4.98 Å². The minimum atomic E-state index is 0.566. The molecule has 1 heterocycles. The van der Waals surface area contributed by atoms with E-state index in [0.717, 1.165) is 12.2 Å². The highest BCUT2D eigenvalue weighted by molar-refractivity contribution is 5.39. The minimum Gasteiger partial charge on any atom is -0.366 e. The van der Waals surface area contributed by atoms with Gasteiger partial charge in [0.2, 0.25) is 0 Å². The summed E-state index contributed by atoms with van der Waals surface area (Å²) in [5.74, 6) is 0.769. The Balaban J connectivity index is 1.92. The van der Waals surface area contributed by atoms with Gasteiger partial charge in [0.25, 0.3) is 0 Å². The molecule has 0 amide bonds. The van der Waals surface area contributed by atoms with Crippen molar-refractivity contribution >= 4 is 5.82 Å². The molecule has 0 atom stereocenters. The van der Waals surface area contributed by atoms with Crippen LogP contribution in [0.25, 0.3) is 0 Å². The van der Waals surface area contributed by atoms with Crippen molar-refractivity contribution in [1.82, 2.24) is 4.98 Å². The van der Waals surface area contributed by atoms with Crippen LogP contribution >= 0.6 is 0 Å². The van der Waals surface area contributed by atoms with E-state index in [0.29, 0.717) is 18.7 Å². The van der Waals surface area contributed by atoms with Gasteiger partial charge in [0.05, 0.1) is 5.56 Å². The highest BCUT2D eigenvalue weighted by atomic mass is 15.0. The second kappa shape index (κ2) is 6.53. The Morgan fingerprint density at radius 2 is 1.84 bits per heavy atom. The Morgan fingerprint density at radius 1 is 1.11 bits per heavy atom. The third-order valence-electron chi connectivity index (χ3n) is 2.82. The molecule has 96 valence electrons. The topological polar surface area (TPSA) is 74.7 Å². The summed E-state index contributed by atoms with van der Waals surface area (Å²) in [4.78, 5) is 4.16. The van der Waals surface area contributed by atoms with E-state index in [-0.39, 0.29) is 0 Å². The number of hydrogen-bond donors (Lipinski definition) is 2. The number of anilines is 1. The van der Waals surface area contributed by atoms with Crippen molar-refractivity contribution in [3.05, 3.63) is 59.3 Å². The molecule has 0 saturated carbocycles. The quantitative estimate of drug-likeness (QED) is 0.854. The van der Waals surface area contributed by atoms with Crippen LogP contribution in [0.15, 0.2) is 42.6 Å². The number of nitrogens with two attached hydrogens (primary N) is 1. The molecule has 4 heteroatoms. The maximum atomic E-state index is 8.69. The highest BCUT2D eigenvalue weighted by Crippen LogP contribution is 2.09. The predicted molar refractivity (Wildman–Crippen MR) is 75.5 cm³/mol. The van der Waals surface area contributed by atoms with Gasteiger partial charge >= 0.3 is 0 Å². The maximum absolute atomic E-state index is 8.69. The Kier molecular flexibility index (Phi) is 4.49. The molecule has 0 radical (unpaired) electrons. The molecule has 1 aromatic heterocycles. The number of pyridine rings is 1. The van der Waals surface area contributed by atoms with Crippen LogP contribution in [0, 0.1) is 11.3 Å². The number of nitrogens with one attached hydrogen (secondary N) is 1. The molecule has 2 rings (SSSR count). The van der Waals surface area contributed by atoms with Gasteiger partial charge in [0, 0.05) is 12.7 Å². The molecule has 0 spiro atoms. The second-order valence-corrected chi connectivity index (χ2v) is 4.25. The summed E-state index contributed by atoms with van der Waals surface area (Å²) in [5.41, 5.74) is 8.52. The van der Waals surface area contributed by atoms with E-state index in [4.69, 9.17) is 11.0 Å². The van der Waals surface area contributed by atoms with Gasteiger partial charge in [0.1, 0.15) is 11.9 Å². The van der Waals surface area contributed by atoms with Crippen molar-refractivity contribution in [3.8, 4) is 6.07 Å². The Hall–Kier alpha value is -2.38. The standard InChI is InChI=1S/C15H16N4/c16-8-7-12-1-3-13(4-2-12)10-18-15-6-5-14(9-17)11-19-15/h1-6,11H,7-8,10,16H2,(H,18,19). The number of hydrogen-bond acceptors (Lipinski definition) is 4. The number of benzene rings is 1. The lowest BCUT2D eigenvalue weighted by molar-refractivity contribution is 0.965. The molecule has 0 aliphatic rings.